The van der Waals surface area contributed by atoms with Gasteiger partial charge in [-0.05, 0) is 95.0 Å². The van der Waals surface area contributed by atoms with Gasteiger partial charge in [0, 0.05) is 5.41 Å². The summed E-state index contributed by atoms with van der Waals surface area (Å²) < 4.78 is 0. The van der Waals surface area contributed by atoms with Crippen molar-refractivity contribution in [3.8, 4) is 0 Å². The Morgan fingerprint density at radius 2 is 1.76 bits per heavy atom. The van der Waals surface area contributed by atoms with Crippen LogP contribution in [0, 0.1) is 0 Å². The van der Waals surface area contributed by atoms with Gasteiger partial charge in [0.05, 0.1) is 0 Å². The van der Waals surface area contributed by atoms with Crippen LogP contribution in [-0.4, -0.2) is 0 Å². The third-order valence-corrected chi connectivity index (χ3v) is 7.23. The van der Waals surface area contributed by atoms with Crippen LogP contribution in [0.1, 0.15) is 66.0 Å². The maximum absolute atomic E-state index is 4.51. The molecule has 0 fully saturated rings. The van der Waals surface area contributed by atoms with E-state index < -0.39 is 0 Å². The van der Waals surface area contributed by atoms with E-state index in [1.165, 1.54) is 44.5 Å². The number of fused-ring (bicyclic) bond motifs is 5. The lowest BCUT2D eigenvalue weighted by atomic mass is 9.61. The summed E-state index contributed by atoms with van der Waals surface area (Å²) in [5.74, 6) is 0. The zero-order valence-corrected chi connectivity index (χ0v) is 17.6. The molecule has 0 saturated heterocycles. The van der Waals surface area contributed by atoms with Gasteiger partial charge in [0.15, 0.2) is 0 Å². The van der Waals surface area contributed by atoms with Gasteiger partial charge in [0.25, 0.3) is 0 Å². The van der Waals surface area contributed by atoms with E-state index in [1.807, 2.05) is 6.08 Å². The molecule has 1 unspecified atom stereocenters. The van der Waals surface area contributed by atoms with Gasteiger partial charge < -0.3 is 0 Å². The SMILES string of the molecule is C=CCCc1ccc2c(c1)Cc1cc(CC)ccc1C21CC(=C)C2=C1CCC=C2. The van der Waals surface area contributed by atoms with E-state index in [4.69, 9.17) is 0 Å². The van der Waals surface area contributed by atoms with Crippen LogP contribution in [0.5, 0.6) is 0 Å². The van der Waals surface area contributed by atoms with Crippen molar-refractivity contribution in [3.05, 3.63) is 118 Å². The molecular formula is C29H30. The molecular weight excluding hydrogens is 348 g/mol. The Morgan fingerprint density at radius 3 is 2.48 bits per heavy atom. The zero-order valence-electron chi connectivity index (χ0n) is 17.6. The lowest BCUT2D eigenvalue weighted by Crippen LogP contribution is -2.34. The second kappa shape index (κ2) is 7.02. The van der Waals surface area contributed by atoms with Gasteiger partial charge in [-0.15, -0.1) is 6.58 Å². The van der Waals surface area contributed by atoms with Gasteiger partial charge in [-0.25, -0.2) is 0 Å². The van der Waals surface area contributed by atoms with Gasteiger partial charge in [-0.1, -0.05) is 68.1 Å². The predicted octanol–water partition coefficient (Wildman–Crippen LogP) is 7.16. The lowest BCUT2D eigenvalue weighted by molar-refractivity contribution is 0.577. The summed E-state index contributed by atoms with van der Waals surface area (Å²) in [5, 5.41) is 0. The van der Waals surface area contributed by atoms with E-state index in [-0.39, 0.29) is 5.41 Å². The van der Waals surface area contributed by atoms with Crippen LogP contribution in [0.25, 0.3) is 0 Å². The Hall–Kier alpha value is -2.60. The molecule has 0 N–H and O–H groups in total. The fourth-order valence-electron chi connectivity index (χ4n) is 5.89. The number of aryl methyl sites for hydroxylation is 2. The Labute approximate surface area is 175 Å². The number of hydrogen-bond acceptors (Lipinski definition) is 0. The van der Waals surface area contributed by atoms with E-state index in [0.29, 0.717) is 0 Å². The summed E-state index contributed by atoms with van der Waals surface area (Å²) in [5.41, 5.74) is 13.3. The van der Waals surface area contributed by atoms with E-state index >= 15 is 0 Å². The molecule has 3 aliphatic carbocycles. The molecule has 1 spiro atoms. The van der Waals surface area contributed by atoms with Crippen LogP contribution in [0.4, 0.5) is 0 Å². The molecule has 0 bridgehead atoms. The first-order chi connectivity index (χ1) is 14.2. The van der Waals surface area contributed by atoms with Gasteiger partial charge in [-0.3, -0.25) is 0 Å². The number of rotatable bonds is 4. The van der Waals surface area contributed by atoms with Crippen LogP contribution >= 0.6 is 0 Å². The monoisotopic (exact) mass is 378 g/mol. The average molecular weight is 379 g/mol. The molecule has 0 heteroatoms. The lowest BCUT2D eigenvalue weighted by Gasteiger charge is -2.41. The summed E-state index contributed by atoms with van der Waals surface area (Å²) in [6.45, 7) is 10.7. The second-order valence-corrected chi connectivity index (χ2v) is 8.86. The first-order valence-corrected chi connectivity index (χ1v) is 11.1. The molecule has 1 atom stereocenters. The van der Waals surface area contributed by atoms with Crippen LogP contribution in [0.15, 0.2) is 84.5 Å². The highest BCUT2D eigenvalue weighted by molar-refractivity contribution is 5.68. The van der Waals surface area contributed by atoms with Gasteiger partial charge in [0.2, 0.25) is 0 Å². The minimum atomic E-state index is -0.0106. The molecule has 0 aromatic heterocycles. The standard InChI is InChI=1S/C29H30/c1-4-6-9-22-13-15-27-24(17-22)18-23-16-21(5-2)12-14-26(23)29(27)19-20(3)25-10-7-8-11-28(25)29/h4,7,10,12-17H,1,3,5-6,8-9,11,18-19H2,2H3. The van der Waals surface area contributed by atoms with Crippen LogP contribution in [-0.2, 0) is 24.7 Å². The van der Waals surface area contributed by atoms with Crippen molar-refractivity contribution in [2.75, 3.05) is 0 Å². The van der Waals surface area contributed by atoms with Crippen molar-refractivity contribution in [3.63, 3.8) is 0 Å². The second-order valence-electron chi connectivity index (χ2n) is 8.86. The normalized spacial score (nSPS) is 21.9. The highest BCUT2D eigenvalue weighted by Crippen LogP contribution is 2.58. The molecule has 2 aromatic carbocycles. The molecule has 5 rings (SSSR count). The summed E-state index contributed by atoms with van der Waals surface area (Å²) in [7, 11) is 0. The first kappa shape index (κ1) is 18.4. The number of allylic oxidation sites excluding steroid dienone is 6. The maximum Gasteiger partial charge on any atom is 0.0466 e. The molecule has 0 radical (unpaired) electrons. The summed E-state index contributed by atoms with van der Waals surface area (Å²) >= 11 is 0. The van der Waals surface area contributed by atoms with Crippen molar-refractivity contribution in [1.29, 1.82) is 0 Å². The van der Waals surface area contributed by atoms with Crippen molar-refractivity contribution >= 4 is 0 Å². The predicted molar refractivity (Wildman–Crippen MR) is 124 cm³/mol. The van der Waals surface area contributed by atoms with Crippen molar-refractivity contribution in [2.45, 2.75) is 57.3 Å². The summed E-state index contributed by atoms with van der Waals surface area (Å²) in [6.07, 6.45) is 14.3. The quantitative estimate of drug-likeness (QED) is 0.495. The first-order valence-electron chi connectivity index (χ1n) is 11.1. The summed E-state index contributed by atoms with van der Waals surface area (Å²) in [6, 6.07) is 14.5. The highest BCUT2D eigenvalue weighted by Gasteiger charge is 2.48. The van der Waals surface area contributed by atoms with Gasteiger partial charge in [0.1, 0.15) is 0 Å². The molecule has 146 valence electrons. The van der Waals surface area contributed by atoms with Crippen molar-refractivity contribution in [1.82, 2.24) is 0 Å². The summed E-state index contributed by atoms with van der Waals surface area (Å²) in [4.78, 5) is 0. The number of benzene rings is 2. The van der Waals surface area contributed by atoms with Crippen LogP contribution in [0.3, 0.4) is 0 Å². The Balaban J connectivity index is 1.75. The van der Waals surface area contributed by atoms with E-state index in [1.54, 1.807) is 5.57 Å². The molecule has 0 aliphatic heterocycles. The molecule has 0 amide bonds. The maximum atomic E-state index is 4.51. The van der Waals surface area contributed by atoms with Gasteiger partial charge >= 0.3 is 0 Å². The van der Waals surface area contributed by atoms with Crippen molar-refractivity contribution < 1.29 is 0 Å². The molecule has 3 aliphatic rings. The minimum Gasteiger partial charge on any atom is -0.103 e. The third kappa shape index (κ3) is 2.73. The smallest absolute Gasteiger partial charge is 0.0466 e. The molecule has 29 heavy (non-hydrogen) atoms. The Bertz CT molecular complexity index is 1080. The van der Waals surface area contributed by atoms with E-state index in [0.717, 1.165) is 44.9 Å². The largest absolute Gasteiger partial charge is 0.103 e. The average Bonchev–Trinajstić information content (AvgIpc) is 3.05. The Kier molecular flexibility index (Phi) is 4.46. The Morgan fingerprint density at radius 1 is 1.03 bits per heavy atom. The fourth-order valence-corrected chi connectivity index (χ4v) is 5.89. The minimum absolute atomic E-state index is 0.0106. The molecule has 0 nitrogen and oxygen atoms in total. The zero-order chi connectivity index (χ0) is 20.0. The van der Waals surface area contributed by atoms with Gasteiger partial charge in [-0.2, -0.15) is 0 Å². The highest BCUT2D eigenvalue weighted by atomic mass is 14.5. The third-order valence-electron chi connectivity index (χ3n) is 7.23. The number of hydrogen-bond donors (Lipinski definition) is 0. The molecule has 2 aromatic rings. The van der Waals surface area contributed by atoms with Crippen LogP contribution < -0.4 is 0 Å². The topological polar surface area (TPSA) is 0 Å². The van der Waals surface area contributed by atoms with Crippen molar-refractivity contribution in [2.24, 2.45) is 0 Å². The van der Waals surface area contributed by atoms with E-state index in [9.17, 15) is 0 Å². The van der Waals surface area contributed by atoms with Crippen LogP contribution in [0.2, 0.25) is 0 Å². The van der Waals surface area contributed by atoms with E-state index in [2.05, 4.69) is 68.6 Å². The fraction of sp³-hybridized carbons (Fsp3) is 0.310. The molecule has 0 heterocycles. The molecule has 0 saturated carbocycles.